The number of rotatable bonds is 6. The van der Waals surface area contributed by atoms with Crippen molar-refractivity contribution in [3.05, 3.63) is 10.6 Å². The number of carbonyl (C=O) groups is 1. The van der Waals surface area contributed by atoms with Crippen molar-refractivity contribution in [2.75, 3.05) is 31.5 Å². The first-order chi connectivity index (χ1) is 11.7. The fourth-order valence-electron chi connectivity index (χ4n) is 3.68. The molecule has 0 radical (unpaired) electrons. The first-order valence-corrected chi connectivity index (χ1v) is 10.3. The van der Waals surface area contributed by atoms with Crippen molar-refractivity contribution in [1.82, 2.24) is 15.2 Å². The van der Waals surface area contributed by atoms with E-state index in [4.69, 9.17) is 0 Å². The zero-order valence-electron chi connectivity index (χ0n) is 14.8. The van der Waals surface area contributed by atoms with Crippen molar-refractivity contribution >= 4 is 22.4 Å². The molecule has 0 spiro atoms. The van der Waals surface area contributed by atoms with Crippen LogP contribution in [-0.4, -0.2) is 48.0 Å². The van der Waals surface area contributed by atoms with Crippen LogP contribution in [0.25, 0.3) is 0 Å². The van der Waals surface area contributed by atoms with E-state index in [2.05, 4.69) is 20.5 Å². The van der Waals surface area contributed by atoms with Crippen LogP contribution in [0.5, 0.6) is 0 Å². The van der Waals surface area contributed by atoms with Gasteiger partial charge in [-0.1, -0.05) is 37.0 Å². The van der Waals surface area contributed by atoms with Crippen LogP contribution in [0, 0.1) is 6.92 Å². The molecule has 1 aliphatic heterocycles. The number of nitrogens with zero attached hydrogens (tertiary/aromatic N) is 2. The molecule has 0 bridgehead atoms. The highest BCUT2D eigenvalue weighted by Gasteiger charge is 2.19. The van der Waals surface area contributed by atoms with Gasteiger partial charge in [0.15, 0.2) is 5.13 Å². The number of nitrogens with one attached hydrogen (secondary N) is 2. The molecule has 0 aromatic carbocycles. The number of likely N-dealkylation sites (tertiary alicyclic amines) is 1. The van der Waals surface area contributed by atoms with E-state index in [0.717, 1.165) is 28.8 Å². The standard InChI is InChI=1S/C18H30N4OS/c1-14-16(17(23)19-10-13-22-11-6-3-7-12-22)24-18(20-14)21-15-8-4-2-5-9-15/h15H,2-13H2,1H3,(H,19,23)(H,20,21). The van der Waals surface area contributed by atoms with Crippen LogP contribution >= 0.6 is 11.3 Å². The van der Waals surface area contributed by atoms with Gasteiger partial charge in [-0.25, -0.2) is 4.98 Å². The van der Waals surface area contributed by atoms with E-state index < -0.39 is 0 Å². The topological polar surface area (TPSA) is 57.3 Å². The maximum atomic E-state index is 12.4. The second kappa shape index (κ2) is 8.81. The third-order valence-electron chi connectivity index (χ3n) is 5.10. The number of piperidine rings is 1. The smallest absolute Gasteiger partial charge is 0.263 e. The van der Waals surface area contributed by atoms with Gasteiger partial charge in [-0.15, -0.1) is 0 Å². The largest absolute Gasteiger partial charge is 0.359 e. The lowest BCUT2D eigenvalue weighted by Crippen LogP contribution is -2.37. The summed E-state index contributed by atoms with van der Waals surface area (Å²) in [5.41, 5.74) is 0.841. The zero-order chi connectivity index (χ0) is 16.8. The van der Waals surface area contributed by atoms with E-state index in [9.17, 15) is 4.79 Å². The molecule has 0 atom stereocenters. The highest BCUT2D eigenvalue weighted by atomic mass is 32.1. The SMILES string of the molecule is Cc1nc(NC2CCCCC2)sc1C(=O)NCCN1CCCCC1. The van der Waals surface area contributed by atoms with Crippen molar-refractivity contribution in [2.45, 2.75) is 64.3 Å². The third kappa shape index (κ3) is 4.93. The maximum absolute atomic E-state index is 12.4. The highest BCUT2D eigenvalue weighted by Crippen LogP contribution is 2.26. The Morgan fingerprint density at radius 1 is 1.17 bits per heavy atom. The van der Waals surface area contributed by atoms with Gasteiger partial charge in [-0.05, 0) is 45.7 Å². The number of anilines is 1. The quantitative estimate of drug-likeness (QED) is 0.825. The Kier molecular flexibility index (Phi) is 6.49. The first kappa shape index (κ1) is 17.7. The summed E-state index contributed by atoms with van der Waals surface area (Å²) in [6.45, 7) is 5.95. The van der Waals surface area contributed by atoms with Gasteiger partial charge in [0.1, 0.15) is 4.88 Å². The van der Waals surface area contributed by atoms with Gasteiger partial charge < -0.3 is 15.5 Å². The summed E-state index contributed by atoms with van der Waals surface area (Å²) in [7, 11) is 0. The minimum absolute atomic E-state index is 0.0266. The van der Waals surface area contributed by atoms with E-state index in [-0.39, 0.29) is 5.91 Å². The molecule has 1 amide bonds. The van der Waals surface area contributed by atoms with Gasteiger partial charge in [0, 0.05) is 19.1 Å². The van der Waals surface area contributed by atoms with Crippen LogP contribution in [0.2, 0.25) is 0 Å². The second-order valence-corrected chi connectivity index (χ2v) is 8.07. The van der Waals surface area contributed by atoms with Gasteiger partial charge in [-0.2, -0.15) is 0 Å². The van der Waals surface area contributed by atoms with Crippen molar-refractivity contribution in [2.24, 2.45) is 0 Å². The number of carbonyl (C=O) groups excluding carboxylic acids is 1. The van der Waals surface area contributed by atoms with Crippen molar-refractivity contribution in [3.8, 4) is 0 Å². The van der Waals surface area contributed by atoms with Crippen LogP contribution in [0.4, 0.5) is 5.13 Å². The molecule has 6 heteroatoms. The van der Waals surface area contributed by atoms with E-state index >= 15 is 0 Å². The fourth-order valence-corrected chi connectivity index (χ4v) is 4.64. The predicted octanol–water partition coefficient (Wildman–Crippen LogP) is 3.41. The van der Waals surface area contributed by atoms with Gasteiger partial charge in [0.25, 0.3) is 5.91 Å². The lowest BCUT2D eigenvalue weighted by Gasteiger charge is -2.26. The Morgan fingerprint density at radius 3 is 2.62 bits per heavy atom. The molecule has 134 valence electrons. The molecular formula is C18H30N4OS. The minimum atomic E-state index is 0.0266. The number of thiazole rings is 1. The number of aromatic nitrogens is 1. The van der Waals surface area contributed by atoms with E-state index in [1.165, 1.54) is 75.8 Å². The van der Waals surface area contributed by atoms with Crippen molar-refractivity contribution < 1.29 is 4.79 Å². The number of hydrogen-bond acceptors (Lipinski definition) is 5. The molecule has 1 saturated carbocycles. The lowest BCUT2D eigenvalue weighted by atomic mass is 9.96. The molecule has 0 unspecified atom stereocenters. The summed E-state index contributed by atoms with van der Waals surface area (Å²) in [6.07, 6.45) is 10.3. The molecule has 2 heterocycles. The average Bonchev–Trinajstić information content (AvgIpc) is 2.97. The van der Waals surface area contributed by atoms with Gasteiger partial charge in [0.2, 0.25) is 0 Å². The van der Waals surface area contributed by atoms with E-state index in [0.29, 0.717) is 6.04 Å². The molecule has 1 aromatic heterocycles. The van der Waals surface area contributed by atoms with E-state index in [1.807, 2.05) is 6.92 Å². The zero-order valence-corrected chi connectivity index (χ0v) is 15.6. The number of amides is 1. The summed E-state index contributed by atoms with van der Waals surface area (Å²) in [5.74, 6) is 0.0266. The average molecular weight is 351 g/mol. The summed E-state index contributed by atoms with van der Waals surface area (Å²) < 4.78 is 0. The molecule has 1 aromatic rings. The number of hydrogen-bond donors (Lipinski definition) is 2. The molecule has 2 aliphatic rings. The van der Waals surface area contributed by atoms with Gasteiger partial charge in [-0.3, -0.25) is 4.79 Å². The summed E-state index contributed by atoms with van der Waals surface area (Å²) >= 11 is 1.50. The molecular weight excluding hydrogens is 320 g/mol. The predicted molar refractivity (Wildman–Crippen MR) is 100.0 cm³/mol. The Bertz CT molecular complexity index is 533. The molecule has 1 saturated heterocycles. The van der Waals surface area contributed by atoms with E-state index in [1.54, 1.807) is 0 Å². The Morgan fingerprint density at radius 2 is 1.88 bits per heavy atom. The molecule has 2 N–H and O–H groups in total. The summed E-state index contributed by atoms with van der Waals surface area (Å²) in [5, 5.41) is 7.49. The third-order valence-corrected chi connectivity index (χ3v) is 6.19. The Labute approximate surface area is 149 Å². The first-order valence-electron chi connectivity index (χ1n) is 9.47. The number of aryl methyl sites for hydroxylation is 1. The normalized spacial score (nSPS) is 20.0. The fraction of sp³-hybridized carbons (Fsp3) is 0.778. The van der Waals surface area contributed by atoms with Crippen molar-refractivity contribution in [3.63, 3.8) is 0 Å². The van der Waals surface area contributed by atoms with Crippen LogP contribution in [0.1, 0.15) is 66.7 Å². The molecule has 2 fully saturated rings. The molecule has 5 nitrogen and oxygen atoms in total. The van der Waals surface area contributed by atoms with Crippen LogP contribution in [0.15, 0.2) is 0 Å². The monoisotopic (exact) mass is 350 g/mol. The molecule has 24 heavy (non-hydrogen) atoms. The summed E-state index contributed by atoms with van der Waals surface area (Å²) in [4.78, 5) is 20.2. The lowest BCUT2D eigenvalue weighted by molar-refractivity contribution is 0.0950. The minimum Gasteiger partial charge on any atom is -0.359 e. The van der Waals surface area contributed by atoms with Gasteiger partial charge in [0.05, 0.1) is 5.69 Å². The van der Waals surface area contributed by atoms with Crippen LogP contribution < -0.4 is 10.6 Å². The van der Waals surface area contributed by atoms with Gasteiger partial charge >= 0.3 is 0 Å². The Hall–Kier alpha value is -1.14. The maximum Gasteiger partial charge on any atom is 0.263 e. The second-order valence-electron chi connectivity index (χ2n) is 7.07. The Balaban J connectivity index is 1.47. The molecule has 3 rings (SSSR count). The highest BCUT2D eigenvalue weighted by molar-refractivity contribution is 7.17. The summed E-state index contributed by atoms with van der Waals surface area (Å²) in [6, 6.07) is 0.527. The van der Waals surface area contributed by atoms with Crippen LogP contribution in [0.3, 0.4) is 0 Å². The molecule has 1 aliphatic carbocycles. The van der Waals surface area contributed by atoms with Crippen molar-refractivity contribution in [1.29, 1.82) is 0 Å². The van der Waals surface area contributed by atoms with Crippen LogP contribution in [-0.2, 0) is 0 Å².